The summed E-state index contributed by atoms with van der Waals surface area (Å²) in [5.41, 5.74) is 6.63. The highest BCUT2D eigenvalue weighted by atomic mass is 35.5. The third-order valence-electron chi connectivity index (χ3n) is 4.28. The van der Waals surface area contributed by atoms with Crippen LogP contribution in [0.2, 0.25) is 10.0 Å². The van der Waals surface area contributed by atoms with Crippen molar-refractivity contribution in [2.24, 2.45) is 0 Å². The van der Waals surface area contributed by atoms with Gasteiger partial charge in [-0.15, -0.1) is 0 Å². The molecule has 9 nitrogen and oxygen atoms in total. The van der Waals surface area contributed by atoms with Gasteiger partial charge >= 0.3 is 5.97 Å². The second-order valence-electron chi connectivity index (χ2n) is 6.02. The molecule has 0 amide bonds. The first-order valence-electron chi connectivity index (χ1n) is 8.71. The molecule has 0 saturated heterocycles. The number of carboxylic acid groups (broad SMARTS) is 1. The van der Waals surface area contributed by atoms with Crippen molar-refractivity contribution in [3.63, 3.8) is 0 Å². The van der Waals surface area contributed by atoms with E-state index >= 15 is 0 Å². The minimum absolute atomic E-state index is 0.0986. The number of hydrogen-bond donors (Lipinski definition) is 3. The highest BCUT2D eigenvalue weighted by molar-refractivity contribution is 6.41. The lowest BCUT2D eigenvalue weighted by Crippen LogP contribution is -2.00. The molecule has 0 bridgehead atoms. The van der Waals surface area contributed by atoms with E-state index in [0.717, 1.165) is 0 Å². The van der Waals surface area contributed by atoms with Crippen LogP contribution in [0.15, 0.2) is 42.9 Å². The number of nitrogens with one attached hydrogen (secondary N) is 1. The van der Waals surface area contributed by atoms with Crippen LogP contribution in [0.3, 0.4) is 0 Å². The van der Waals surface area contributed by atoms with Gasteiger partial charge in [0.1, 0.15) is 17.8 Å². The van der Waals surface area contributed by atoms with Crippen LogP contribution in [-0.4, -0.2) is 45.5 Å². The van der Waals surface area contributed by atoms with Gasteiger partial charge in [-0.05, 0) is 17.7 Å². The highest BCUT2D eigenvalue weighted by Crippen LogP contribution is 2.47. The standard InChI is InChI=1S/C18H13Cl2NO4.C2H4N4/c1-24-12-8-13(25-2)16(20)14(15(12)19)9-5-6-11(18(22)23)17-10(9)4-3-7-21-17;3-2-4-1-5-6-2/h3-8H,1-2H3,(H,22,23);1H,(H3,3,4,5,6). The van der Waals surface area contributed by atoms with Gasteiger partial charge in [-0.3, -0.25) is 4.98 Å². The number of ether oxygens (including phenoxy) is 2. The summed E-state index contributed by atoms with van der Waals surface area (Å²) >= 11 is 13.0. The molecule has 4 rings (SSSR count). The lowest BCUT2D eigenvalue weighted by molar-refractivity contribution is 0.0699. The number of halogens is 2. The quantitative estimate of drug-likeness (QED) is 0.408. The van der Waals surface area contributed by atoms with Gasteiger partial charge < -0.3 is 20.3 Å². The van der Waals surface area contributed by atoms with Crippen molar-refractivity contribution >= 4 is 46.0 Å². The number of aromatic carboxylic acids is 1. The number of carbonyl (C=O) groups is 1. The molecule has 2 heterocycles. The first kappa shape index (κ1) is 22.1. The Hall–Kier alpha value is -3.56. The number of H-pyrrole nitrogens is 1. The van der Waals surface area contributed by atoms with E-state index in [1.807, 2.05) is 0 Å². The predicted molar refractivity (Wildman–Crippen MR) is 118 cm³/mol. The number of fused-ring (bicyclic) bond motifs is 1. The maximum absolute atomic E-state index is 11.5. The minimum atomic E-state index is -1.06. The minimum Gasteiger partial charge on any atom is -0.495 e. The van der Waals surface area contributed by atoms with Crippen molar-refractivity contribution in [3.8, 4) is 22.6 Å². The smallest absolute Gasteiger partial charge is 0.337 e. The van der Waals surface area contributed by atoms with Crippen LogP contribution in [0.1, 0.15) is 10.4 Å². The zero-order chi connectivity index (χ0) is 22.5. The van der Waals surface area contributed by atoms with Gasteiger partial charge in [0.15, 0.2) is 0 Å². The molecule has 0 spiro atoms. The van der Waals surface area contributed by atoms with E-state index in [0.29, 0.717) is 49.5 Å². The predicted octanol–water partition coefficient (Wildman–Crippen LogP) is 4.31. The summed E-state index contributed by atoms with van der Waals surface area (Å²) < 4.78 is 10.6. The highest BCUT2D eigenvalue weighted by Gasteiger charge is 2.22. The van der Waals surface area contributed by atoms with Crippen LogP contribution in [-0.2, 0) is 0 Å². The fraction of sp³-hybridized carbons (Fsp3) is 0.100. The summed E-state index contributed by atoms with van der Waals surface area (Å²) in [4.78, 5) is 19.2. The molecule has 0 aliphatic rings. The van der Waals surface area contributed by atoms with Crippen LogP contribution in [0, 0.1) is 0 Å². The van der Waals surface area contributed by atoms with Crippen LogP contribution in [0.4, 0.5) is 5.95 Å². The van der Waals surface area contributed by atoms with Crippen LogP contribution in [0.25, 0.3) is 22.0 Å². The lowest BCUT2D eigenvalue weighted by atomic mass is 9.97. The Labute approximate surface area is 186 Å². The molecule has 160 valence electrons. The van der Waals surface area contributed by atoms with Gasteiger partial charge in [0.25, 0.3) is 0 Å². The number of anilines is 1. The van der Waals surface area contributed by atoms with Gasteiger partial charge in [0.05, 0.1) is 35.3 Å². The molecule has 0 unspecified atom stereocenters. The topological polar surface area (TPSA) is 136 Å². The summed E-state index contributed by atoms with van der Waals surface area (Å²) in [6, 6.07) is 8.21. The molecule has 0 fully saturated rings. The molecular weight excluding hydrogens is 445 g/mol. The second kappa shape index (κ2) is 9.50. The molecule has 0 saturated carbocycles. The number of nitrogen functional groups attached to an aromatic ring is 1. The number of benzene rings is 2. The van der Waals surface area contributed by atoms with Gasteiger partial charge in [0.2, 0.25) is 5.95 Å². The first-order chi connectivity index (χ1) is 14.9. The van der Waals surface area contributed by atoms with E-state index < -0.39 is 5.97 Å². The number of rotatable bonds is 4. The van der Waals surface area contributed by atoms with Crippen LogP contribution in [0.5, 0.6) is 11.5 Å². The molecule has 2 aromatic carbocycles. The Morgan fingerprint density at radius 1 is 1.10 bits per heavy atom. The van der Waals surface area contributed by atoms with E-state index in [-0.39, 0.29) is 5.56 Å². The Kier molecular flexibility index (Phi) is 6.78. The fourth-order valence-corrected chi connectivity index (χ4v) is 3.60. The van der Waals surface area contributed by atoms with E-state index in [1.54, 1.807) is 24.3 Å². The number of nitrogens with two attached hydrogens (primary N) is 1. The third-order valence-corrected chi connectivity index (χ3v) is 5.03. The summed E-state index contributed by atoms with van der Waals surface area (Å²) in [5.74, 6) is 0.0974. The van der Waals surface area contributed by atoms with E-state index in [1.165, 1.54) is 32.8 Å². The number of hydrogen-bond acceptors (Lipinski definition) is 7. The zero-order valence-corrected chi connectivity index (χ0v) is 17.9. The number of nitrogens with zero attached hydrogens (tertiary/aromatic N) is 3. The molecule has 0 atom stereocenters. The van der Waals surface area contributed by atoms with Crippen molar-refractivity contribution in [2.75, 3.05) is 20.0 Å². The zero-order valence-electron chi connectivity index (χ0n) is 16.4. The van der Waals surface area contributed by atoms with E-state index in [4.69, 9.17) is 38.4 Å². The van der Waals surface area contributed by atoms with Gasteiger partial charge in [-0.1, -0.05) is 35.3 Å². The maximum Gasteiger partial charge on any atom is 0.337 e. The molecule has 0 aliphatic carbocycles. The summed E-state index contributed by atoms with van der Waals surface area (Å²) in [6.45, 7) is 0. The maximum atomic E-state index is 11.5. The summed E-state index contributed by atoms with van der Waals surface area (Å²) in [7, 11) is 2.98. The number of aromatic nitrogens is 4. The van der Waals surface area contributed by atoms with Gasteiger partial charge in [-0.2, -0.15) is 5.10 Å². The second-order valence-corrected chi connectivity index (χ2v) is 6.78. The van der Waals surface area contributed by atoms with Crippen molar-refractivity contribution in [1.29, 1.82) is 0 Å². The van der Waals surface area contributed by atoms with Crippen LogP contribution >= 0.6 is 23.2 Å². The summed E-state index contributed by atoms with van der Waals surface area (Å²) in [5, 5.41) is 16.5. The average Bonchev–Trinajstić information content (AvgIpc) is 3.25. The number of methoxy groups -OCH3 is 2. The monoisotopic (exact) mass is 461 g/mol. The Morgan fingerprint density at radius 3 is 2.26 bits per heavy atom. The molecular formula is C20H17Cl2N5O4. The van der Waals surface area contributed by atoms with Gasteiger partial charge in [-0.25, -0.2) is 14.9 Å². The van der Waals surface area contributed by atoms with Crippen molar-refractivity contribution in [3.05, 3.63) is 58.5 Å². The number of pyridine rings is 1. The third kappa shape index (κ3) is 4.47. The molecule has 2 aromatic heterocycles. The Balaban J connectivity index is 0.000000391. The summed E-state index contributed by atoms with van der Waals surface area (Å²) in [6.07, 6.45) is 2.89. The lowest BCUT2D eigenvalue weighted by Gasteiger charge is -2.16. The average molecular weight is 462 g/mol. The molecule has 4 N–H and O–H groups in total. The molecule has 4 aromatic rings. The van der Waals surface area contributed by atoms with E-state index in [9.17, 15) is 9.90 Å². The first-order valence-corrected chi connectivity index (χ1v) is 9.46. The van der Waals surface area contributed by atoms with Gasteiger partial charge in [0, 0.05) is 23.2 Å². The Bertz CT molecular complexity index is 1200. The molecule has 0 radical (unpaired) electrons. The fourth-order valence-electron chi connectivity index (χ4n) is 2.90. The molecule has 31 heavy (non-hydrogen) atoms. The van der Waals surface area contributed by atoms with Crippen molar-refractivity contribution in [2.45, 2.75) is 0 Å². The molecule has 11 heteroatoms. The SMILES string of the molecule is COc1cc(OC)c(Cl)c(-c2ccc(C(=O)O)c3ncccc23)c1Cl.Nc1ncn[nH]1. The van der Waals surface area contributed by atoms with E-state index in [2.05, 4.69) is 20.2 Å². The Morgan fingerprint density at radius 2 is 1.77 bits per heavy atom. The normalized spacial score (nSPS) is 10.3. The number of aromatic amines is 1. The van der Waals surface area contributed by atoms with Crippen molar-refractivity contribution < 1.29 is 19.4 Å². The van der Waals surface area contributed by atoms with Crippen molar-refractivity contribution in [1.82, 2.24) is 20.2 Å². The molecule has 0 aliphatic heterocycles. The number of carboxylic acids is 1. The van der Waals surface area contributed by atoms with Crippen LogP contribution < -0.4 is 15.2 Å². The largest absolute Gasteiger partial charge is 0.495 e.